The van der Waals surface area contributed by atoms with E-state index in [1.165, 1.54) is 24.3 Å². The lowest BCUT2D eigenvalue weighted by Crippen LogP contribution is -2.20. The highest BCUT2D eigenvalue weighted by molar-refractivity contribution is 7.90. The second kappa shape index (κ2) is 4.96. The third-order valence-electron chi connectivity index (χ3n) is 1.86. The van der Waals surface area contributed by atoms with Gasteiger partial charge < -0.3 is 10.5 Å². The van der Waals surface area contributed by atoms with Crippen molar-refractivity contribution in [1.29, 1.82) is 0 Å². The van der Waals surface area contributed by atoms with Crippen LogP contribution in [-0.2, 0) is 19.4 Å². The van der Waals surface area contributed by atoms with Crippen LogP contribution in [0.4, 0.5) is 0 Å². The Bertz CT molecular complexity index is 532. The highest BCUT2D eigenvalue weighted by atomic mass is 32.2. The number of benzene rings is 1. The van der Waals surface area contributed by atoms with Crippen molar-refractivity contribution in [3.63, 3.8) is 0 Å². The monoisotopic (exact) mass is 257 g/mol. The van der Waals surface area contributed by atoms with Crippen molar-refractivity contribution in [1.82, 2.24) is 0 Å². The van der Waals surface area contributed by atoms with Crippen molar-refractivity contribution < 1.29 is 22.7 Å². The summed E-state index contributed by atoms with van der Waals surface area (Å²) in [6.07, 6.45) is 1.06. The predicted molar refractivity (Wildman–Crippen MR) is 59.0 cm³/mol. The number of carbonyl (C=O) groups excluding carboxylic acids is 2. The van der Waals surface area contributed by atoms with Crippen LogP contribution < -0.4 is 5.73 Å². The summed E-state index contributed by atoms with van der Waals surface area (Å²) in [5.41, 5.74) is 4.96. The van der Waals surface area contributed by atoms with Gasteiger partial charge in [0.25, 0.3) is 5.91 Å². The molecule has 17 heavy (non-hydrogen) atoms. The first-order chi connectivity index (χ1) is 7.80. The second-order valence-electron chi connectivity index (χ2n) is 3.34. The molecule has 0 aliphatic carbocycles. The van der Waals surface area contributed by atoms with Crippen molar-refractivity contribution in [2.24, 2.45) is 5.73 Å². The van der Waals surface area contributed by atoms with Crippen LogP contribution in [0.2, 0.25) is 0 Å². The summed E-state index contributed by atoms with van der Waals surface area (Å²) >= 11 is 0. The van der Waals surface area contributed by atoms with Gasteiger partial charge >= 0.3 is 5.97 Å². The van der Waals surface area contributed by atoms with Gasteiger partial charge in [-0.05, 0) is 24.3 Å². The number of hydrogen-bond donors (Lipinski definition) is 1. The summed E-state index contributed by atoms with van der Waals surface area (Å²) in [7, 11) is -3.30. The highest BCUT2D eigenvalue weighted by Crippen LogP contribution is 2.10. The molecule has 0 heterocycles. The van der Waals surface area contributed by atoms with Crippen molar-refractivity contribution in [2.45, 2.75) is 4.90 Å². The molecule has 1 amide bonds. The zero-order valence-corrected chi connectivity index (χ0v) is 9.86. The number of hydrogen-bond acceptors (Lipinski definition) is 5. The number of nitrogens with two attached hydrogens (primary N) is 1. The molecule has 0 fully saturated rings. The molecule has 0 aliphatic heterocycles. The molecule has 0 bridgehead atoms. The van der Waals surface area contributed by atoms with E-state index in [4.69, 9.17) is 5.73 Å². The average Bonchev–Trinajstić information content (AvgIpc) is 2.25. The maximum atomic E-state index is 11.3. The van der Waals surface area contributed by atoms with Crippen molar-refractivity contribution in [2.75, 3.05) is 12.9 Å². The highest BCUT2D eigenvalue weighted by Gasteiger charge is 2.11. The summed E-state index contributed by atoms with van der Waals surface area (Å²) < 4.78 is 26.9. The summed E-state index contributed by atoms with van der Waals surface area (Å²) in [6, 6.07) is 5.19. The molecule has 6 nitrogen and oxygen atoms in total. The van der Waals surface area contributed by atoms with Crippen molar-refractivity contribution >= 4 is 21.7 Å². The topological polar surface area (TPSA) is 104 Å². The molecule has 1 rings (SSSR count). The van der Waals surface area contributed by atoms with Crippen LogP contribution >= 0.6 is 0 Å². The molecule has 0 aromatic heterocycles. The zero-order valence-electron chi connectivity index (χ0n) is 9.04. The Balaban J connectivity index is 2.81. The molecular formula is C10H11NO5S. The molecule has 0 radical (unpaired) electrons. The summed E-state index contributed by atoms with van der Waals surface area (Å²) in [5.74, 6) is -1.49. The maximum absolute atomic E-state index is 11.3. The van der Waals surface area contributed by atoms with Gasteiger partial charge in [0.2, 0.25) is 0 Å². The number of sulfone groups is 1. The standard InChI is InChI=1S/C10H11NO5S/c1-17(14,15)8-4-2-7(3-5-8)10(13)16-6-9(11)12/h2-5H,6H2,1H3,(H2,11,12). The first kappa shape index (κ1) is 13.2. The van der Waals surface area contributed by atoms with Gasteiger partial charge in [0.15, 0.2) is 16.4 Å². The molecule has 0 unspecified atom stereocenters. The quantitative estimate of drug-likeness (QED) is 0.748. The van der Waals surface area contributed by atoms with E-state index in [1.807, 2.05) is 0 Å². The van der Waals surface area contributed by atoms with Gasteiger partial charge in [0.1, 0.15) is 0 Å². The van der Waals surface area contributed by atoms with Crippen LogP contribution in [-0.4, -0.2) is 33.2 Å². The second-order valence-corrected chi connectivity index (χ2v) is 5.35. The molecule has 0 atom stereocenters. The van der Waals surface area contributed by atoms with Crippen LogP contribution in [0.1, 0.15) is 10.4 Å². The molecule has 7 heteroatoms. The number of esters is 1. The van der Waals surface area contributed by atoms with Crippen LogP contribution in [0.5, 0.6) is 0 Å². The van der Waals surface area contributed by atoms with E-state index in [9.17, 15) is 18.0 Å². The van der Waals surface area contributed by atoms with Crippen LogP contribution in [0.3, 0.4) is 0 Å². The number of amides is 1. The Hall–Kier alpha value is -1.89. The zero-order chi connectivity index (χ0) is 13.1. The SMILES string of the molecule is CS(=O)(=O)c1ccc(C(=O)OCC(N)=O)cc1. The number of primary amides is 1. The van der Waals surface area contributed by atoms with Gasteiger partial charge in [-0.25, -0.2) is 13.2 Å². The molecule has 0 spiro atoms. The van der Waals surface area contributed by atoms with Gasteiger partial charge in [-0.2, -0.15) is 0 Å². The van der Waals surface area contributed by atoms with Gasteiger partial charge in [0, 0.05) is 6.26 Å². The molecule has 0 saturated heterocycles. The predicted octanol–water partition coefficient (Wildman–Crippen LogP) is -0.268. The minimum Gasteiger partial charge on any atom is -0.452 e. The lowest BCUT2D eigenvalue weighted by Gasteiger charge is -2.03. The van der Waals surface area contributed by atoms with E-state index in [0.29, 0.717) is 0 Å². The molecule has 0 aliphatic rings. The minimum atomic E-state index is -3.30. The maximum Gasteiger partial charge on any atom is 0.338 e. The van der Waals surface area contributed by atoms with Crippen LogP contribution in [0, 0.1) is 0 Å². The minimum absolute atomic E-state index is 0.101. The van der Waals surface area contributed by atoms with Gasteiger partial charge in [-0.15, -0.1) is 0 Å². The van der Waals surface area contributed by atoms with E-state index in [-0.39, 0.29) is 10.5 Å². The molecular weight excluding hydrogens is 246 g/mol. The van der Waals surface area contributed by atoms with E-state index in [1.54, 1.807) is 0 Å². The molecule has 92 valence electrons. The Morgan fingerprint density at radius 1 is 1.24 bits per heavy atom. The van der Waals surface area contributed by atoms with Crippen LogP contribution in [0.25, 0.3) is 0 Å². The van der Waals surface area contributed by atoms with Crippen molar-refractivity contribution in [3.05, 3.63) is 29.8 Å². The fourth-order valence-corrected chi connectivity index (χ4v) is 1.69. The third-order valence-corrected chi connectivity index (χ3v) is 2.99. The number of carbonyl (C=O) groups is 2. The van der Waals surface area contributed by atoms with E-state index < -0.39 is 28.3 Å². The summed E-state index contributed by atoms with van der Waals surface area (Å²) in [6.45, 7) is -0.507. The number of ether oxygens (including phenoxy) is 1. The Kier molecular flexibility index (Phi) is 3.84. The molecule has 0 saturated carbocycles. The number of rotatable bonds is 4. The normalized spacial score (nSPS) is 10.9. The van der Waals surface area contributed by atoms with E-state index in [0.717, 1.165) is 6.26 Å². The lowest BCUT2D eigenvalue weighted by atomic mass is 10.2. The van der Waals surface area contributed by atoms with Gasteiger partial charge in [-0.3, -0.25) is 4.79 Å². The van der Waals surface area contributed by atoms with Crippen LogP contribution in [0.15, 0.2) is 29.2 Å². The van der Waals surface area contributed by atoms with Crippen molar-refractivity contribution in [3.8, 4) is 0 Å². The molecule has 1 aromatic rings. The van der Waals surface area contributed by atoms with Gasteiger partial charge in [0.05, 0.1) is 10.5 Å². The van der Waals surface area contributed by atoms with Gasteiger partial charge in [-0.1, -0.05) is 0 Å². The third kappa shape index (κ3) is 3.87. The molecule has 1 aromatic carbocycles. The summed E-state index contributed by atoms with van der Waals surface area (Å²) in [5, 5.41) is 0. The Labute approximate surface area is 98.3 Å². The van der Waals surface area contributed by atoms with E-state index in [2.05, 4.69) is 4.74 Å². The smallest absolute Gasteiger partial charge is 0.338 e. The average molecular weight is 257 g/mol. The van der Waals surface area contributed by atoms with E-state index >= 15 is 0 Å². The summed E-state index contributed by atoms with van der Waals surface area (Å²) in [4.78, 5) is 21.8. The lowest BCUT2D eigenvalue weighted by molar-refractivity contribution is -0.121. The first-order valence-corrected chi connectivity index (χ1v) is 6.45. The largest absolute Gasteiger partial charge is 0.452 e. The Morgan fingerprint density at radius 3 is 2.18 bits per heavy atom. The fourth-order valence-electron chi connectivity index (χ4n) is 1.06. The fraction of sp³-hybridized carbons (Fsp3) is 0.200. The molecule has 2 N–H and O–H groups in total. The Morgan fingerprint density at radius 2 is 1.76 bits per heavy atom. The first-order valence-electron chi connectivity index (χ1n) is 4.56.